The zero-order valence-corrected chi connectivity index (χ0v) is 19.9. The van der Waals surface area contributed by atoms with Crippen LogP contribution in [0.3, 0.4) is 0 Å². The van der Waals surface area contributed by atoms with Gasteiger partial charge in [-0.15, -0.1) is 0 Å². The summed E-state index contributed by atoms with van der Waals surface area (Å²) < 4.78 is 0. The Balaban J connectivity index is 2.10. The maximum absolute atomic E-state index is 13.2. The van der Waals surface area contributed by atoms with Gasteiger partial charge in [0.2, 0.25) is 0 Å². The molecular formula is C27H33N3O2. The number of allylic oxidation sites excluding steroid dienone is 3. The average molecular weight is 432 g/mol. The average Bonchev–Trinajstić information content (AvgIpc) is 2.99. The molecule has 0 atom stereocenters. The molecule has 5 heteroatoms. The van der Waals surface area contributed by atoms with Crippen molar-refractivity contribution >= 4 is 17.5 Å². The Kier molecular flexibility index (Phi) is 7.03. The lowest BCUT2D eigenvalue weighted by Crippen LogP contribution is -2.43. The van der Waals surface area contributed by atoms with Gasteiger partial charge in [-0.05, 0) is 49.1 Å². The van der Waals surface area contributed by atoms with E-state index in [1.807, 2.05) is 25.1 Å². The van der Waals surface area contributed by atoms with Crippen LogP contribution >= 0.6 is 0 Å². The first kappa shape index (κ1) is 23.5. The fraction of sp³-hybridized carbons (Fsp3) is 0.444. The minimum Gasteiger partial charge on any atom is -0.344 e. The predicted octanol–water partition coefficient (Wildman–Crippen LogP) is 5.40. The zero-order valence-electron chi connectivity index (χ0n) is 19.9. The Bertz CT molecular complexity index is 1050. The minimum absolute atomic E-state index is 0.0576. The van der Waals surface area contributed by atoms with E-state index in [0.717, 1.165) is 37.9 Å². The number of amides is 2. The van der Waals surface area contributed by atoms with E-state index in [9.17, 15) is 14.9 Å². The lowest BCUT2D eigenvalue weighted by molar-refractivity contribution is -0.140. The number of anilines is 1. The Hall–Kier alpha value is -3.13. The fourth-order valence-electron chi connectivity index (χ4n) is 4.54. The lowest BCUT2D eigenvalue weighted by Gasteiger charge is -2.28. The number of benzene rings is 1. The molecule has 2 aliphatic rings. The molecule has 0 N–H and O–H groups in total. The van der Waals surface area contributed by atoms with Gasteiger partial charge in [0.1, 0.15) is 11.6 Å². The van der Waals surface area contributed by atoms with Crippen LogP contribution in [0.15, 0.2) is 58.8 Å². The second kappa shape index (κ2) is 9.56. The van der Waals surface area contributed by atoms with Gasteiger partial charge < -0.3 is 4.90 Å². The largest absolute Gasteiger partial charge is 0.344 e. The van der Waals surface area contributed by atoms with Crippen molar-refractivity contribution in [1.29, 1.82) is 5.26 Å². The number of fused-ring (bicyclic) bond motifs is 1. The van der Waals surface area contributed by atoms with Crippen LogP contribution in [0.2, 0.25) is 0 Å². The SMILES string of the molecule is CCCCN1C(=O)C(C#N)=C(C)/C(=C/C=C2\N(CCCC)c3ccccc3C2(C)C)C1=O. The quantitative estimate of drug-likeness (QED) is 0.428. The van der Waals surface area contributed by atoms with E-state index >= 15 is 0 Å². The summed E-state index contributed by atoms with van der Waals surface area (Å²) in [6.07, 6.45) is 7.56. The third-order valence-corrected chi connectivity index (χ3v) is 6.50. The van der Waals surface area contributed by atoms with Gasteiger partial charge >= 0.3 is 0 Å². The van der Waals surface area contributed by atoms with Crippen molar-refractivity contribution in [3.05, 3.63) is 64.4 Å². The van der Waals surface area contributed by atoms with Crippen molar-refractivity contribution in [3.63, 3.8) is 0 Å². The molecule has 0 fully saturated rings. The molecule has 2 amide bonds. The van der Waals surface area contributed by atoms with Crippen LogP contribution in [-0.4, -0.2) is 29.8 Å². The molecule has 0 aliphatic carbocycles. The monoisotopic (exact) mass is 431 g/mol. The van der Waals surface area contributed by atoms with Crippen LogP contribution in [-0.2, 0) is 15.0 Å². The molecule has 0 radical (unpaired) electrons. The van der Waals surface area contributed by atoms with Crippen molar-refractivity contribution < 1.29 is 9.59 Å². The third-order valence-electron chi connectivity index (χ3n) is 6.50. The van der Waals surface area contributed by atoms with Crippen LogP contribution < -0.4 is 4.90 Å². The highest BCUT2D eigenvalue weighted by Gasteiger charge is 2.40. The number of carbonyl (C=O) groups excluding carboxylic acids is 2. The van der Waals surface area contributed by atoms with Crippen molar-refractivity contribution in [2.75, 3.05) is 18.0 Å². The van der Waals surface area contributed by atoms with Crippen LogP contribution in [0.25, 0.3) is 0 Å². The van der Waals surface area contributed by atoms with Gasteiger partial charge in [0.05, 0.1) is 0 Å². The first-order valence-electron chi connectivity index (χ1n) is 11.6. The van der Waals surface area contributed by atoms with Gasteiger partial charge in [-0.3, -0.25) is 14.5 Å². The fourth-order valence-corrected chi connectivity index (χ4v) is 4.54. The molecule has 1 aromatic carbocycles. The number of hydrogen-bond acceptors (Lipinski definition) is 4. The highest BCUT2D eigenvalue weighted by atomic mass is 16.2. The molecule has 0 unspecified atom stereocenters. The Labute approximate surface area is 191 Å². The summed E-state index contributed by atoms with van der Waals surface area (Å²) in [5, 5.41) is 9.58. The number of imide groups is 1. The predicted molar refractivity (Wildman–Crippen MR) is 128 cm³/mol. The van der Waals surface area contributed by atoms with E-state index in [0.29, 0.717) is 17.7 Å². The maximum Gasteiger partial charge on any atom is 0.271 e. The molecular weight excluding hydrogens is 398 g/mol. The van der Waals surface area contributed by atoms with Crippen molar-refractivity contribution in [1.82, 2.24) is 4.90 Å². The molecule has 168 valence electrons. The number of rotatable bonds is 7. The Morgan fingerprint density at radius 1 is 0.969 bits per heavy atom. The van der Waals surface area contributed by atoms with Crippen LogP contribution in [0, 0.1) is 11.3 Å². The van der Waals surface area contributed by atoms with Gasteiger partial charge in [-0.1, -0.05) is 58.7 Å². The standard InChI is InChI=1S/C27H33N3O2/c1-6-8-16-29-23-13-11-10-12-22(23)27(4,5)24(29)15-14-20-19(3)21(18-28)26(32)30(25(20)31)17-9-7-2/h10-15H,6-9,16-17H2,1-5H3/b20-14-,24-15-. The highest BCUT2D eigenvalue weighted by Crippen LogP contribution is 2.47. The second-order valence-electron chi connectivity index (χ2n) is 9.01. The number of nitriles is 1. The summed E-state index contributed by atoms with van der Waals surface area (Å²) in [6, 6.07) is 10.5. The third kappa shape index (κ3) is 4.02. The van der Waals surface area contributed by atoms with Crippen molar-refractivity contribution in [2.24, 2.45) is 0 Å². The molecule has 1 aromatic rings. The topological polar surface area (TPSA) is 64.4 Å². The van der Waals surface area contributed by atoms with E-state index in [2.05, 4.69) is 49.9 Å². The normalized spacial score (nSPS) is 20.4. The van der Waals surface area contributed by atoms with E-state index < -0.39 is 5.91 Å². The van der Waals surface area contributed by atoms with Gasteiger partial charge in [0.15, 0.2) is 0 Å². The number of para-hydroxylation sites is 1. The first-order chi connectivity index (χ1) is 15.3. The first-order valence-corrected chi connectivity index (χ1v) is 11.6. The highest BCUT2D eigenvalue weighted by molar-refractivity contribution is 6.18. The number of unbranched alkanes of at least 4 members (excludes halogenated alkanes) is 2. The van der Waals surface area contributed by atoms with Gasteiger partial charge in [-0.2, -0.15) is 5.26 Å². The van der Waals surface area contributed by atoms with Crippen LogP contribution in [0.5, 0.6) is 0 Å². The summed E-state index contributed by atoms with van der Waals surface area (Å²) in [6.45, 7) is 11.5. The number of nitrogens with zero attached hydrogens (tertiary/aromatic N) is 3. The molecule has 0 aromatic heterocycles. The van der Waals surface area contributed by atoms with E-state index in [1.165, 1.54) is 16.2 Å². The second-order valence-corrected chi connectivity index (χ2v) is 9.01. The van der Waals surface area contributed by atoms with Crippen LogP contribution in [0.4, 0.5) is 5.69 Å². The number of carbonyl (C=O) groups is 2. The molecule has 5 nitrogen and oxygen atoms in total. The molecule has 2 aliphatic heterocycles. The van der Waals surface area contributed by atoms with Gasteiger partial charge in [-0.25, -0.2) is 0 Å². The van der Waals surface area contributed by atoms with Crippen molar-refractivity contribution in [2.45, 2.75) is 65.7 Å². The smallest absolute Gasteiger partial charge is 0.271 e. The molecule has 0 bridgehead atoms. The Morgan fingerprint density at radius 3 is 2.22 bits per heavy atom. The molecule has 0 spiro atoms. The van der Waals surface area contributed by atoms with Crippen molar-refractivity contribution in [3.8, 4) is 6.07 Å². The zero-order chi connectivity index (χ0) is 23.5. The molecule has 32 heavy (non-hydrogen) atoms. The van der Waals surface area contributed by atoms with Gasteiger partial charge in [0, 0.05) is 35.5 Å². The Morgan fingerprint density at radius 2 is 1.59 bits per heavy atom. The summed E-state index contributed by atoms with van der Waals surface area (Å²) in [4.78, 5) is 29.5. The molecule has 3 rings (SSSR count). The number of hydrogen-bond donors (Lipinski definition) is 0. The van der Waals surface area contributed by atoms with E-state index in [-0.39, 0.29) is 16.9 Å². The lowest BCUT2D eigenvalue weighted by atomic mass is 9.83. The summed E-state index contributed by atoms with van der Waals surface area (Å²) in [5.74, 6) is -0.795. The molecule has 0 saturated heterocycles. The van der Waals surface area contributed by atoms with E-state index in [4.69, 9.17) is 0 Å². The van der Waals surface area contributed by atoms with E-state index in [1.54, 1.807) is 6.92 Å². The van der Waals surface area contributed by atoms with Gasteiger partial charge in [0.25, 0.3) is 11.8 Å². The molecule has 0 saturated carbocycles. The van der Waals surface area contributed by atoms with Crippen LogP contribution in [0.1, 0.15) is 65.9 Å². The summed E-state index contributed by atoms with van der Waals surface area (Å²) >= 11 is 0. The minimum atomic E-state index is -0.480. The summed E-state index contributed by atoms with van der Waals surface area (Å²) in [5.41, 5.74) is 4.31. The maximum atomic E-state index is 13.2. The molecule has 2 heterocycles. The summed E-state index contributed by atoms with van der Waals surface area (Å²) in [7, 11) is 0.